The van der Waals surface area contributed by atoms with E-state index in [1.807, 2.05) is 24.2 Å². The first-order valence-corrected chi connectivity index (χ1v) is 11.6. The van der Waals surface area contributed by atoms with Gasteiger partial charge in [0.1, 0.15) is 5.38 Å². The third-order valence-corrected chi connectivity index (χ3v) is 7.33. The van der Waals surface area contributed by atoms with Gasteiger partial charge in [-0.05, 0) is 68.6 Å². The first-order valence-electron chi connectivity index (χ1n) is 11.2. The van der Waals surface area contributed by atoms with Gasteiger partial charge in [0.2, 0.25) is 5.79 Å². The van der Waals surface area contributed by atoms with Crippen LogP contribution in [0.3, 0.4) is 0 Å². The van der Waals surface area contributed by atoms with Gasteiger partial charge in [-0.15, -0.1) is 11.6 Å². The number of piperidine rings is 1. The summed E-state index contributed by atoms with van der Waals surface area (Å²) in [4.78, 5) is 11.6. The fourth-order valence-corrected chi connectivity index (χ4v) is 5.37. The molecule has 3 aliphatic rings. The minimum atomic E-state index is -0.446. The second-order valence-corrected chi connectivity index (χ2v) is 9.75. The van der Waals surface area contributed by atoms with E-state index in [9.17, 15) is 0 Å². The number of rotatable bonds is 6. The lowest BCUT2D eigenvalue weighted by Gasteiger charge is -2.41. The maximum absolute atomic E-state index is 6.05. The third-order valence-electron chi connectivity index (χ3n) is 7.11. The molecule has 1 aromatic carbocycles. The zero-order chi connectivity index (χ0) is 20.7. The molecule has 1 aromatic heterocycles. The van der Waals surface area contributed by atoms with Crippen molar-refractivity contribution in [1.29, 1.82) is 0 Å². The summed E-state index contributed by atoms with van der Waals surface area (Å²) in [7, 11) is 1.97. The van der Waals surface area contributed by atoms with Gasteiger partial charge in [0.15, 0.2) is 0 Å². The van der Waals surface area contributed by atoms with E-state index in [0.29, 0.717) is 0 Å². The Kier molecular flexibility index (Phi) is 5.31. The van der Waals surface area contributed by atoms with Gasteiger partial charge >= 0.3 is 0 Å². The van der Waals surface area contributed by atoms with E-state index in [1.54, 1.807) is 0 Å². The van der Waals surface area contributed by atoms with Gasteiger partial charge in [0.05, 0.1) is 5.52 Å². The van der Waals surface area contributed by atoms with Crippen LogP contribution in [0, 0.1) is 17.8 Å². The van der Waals surface area contributed by atoms with E-state index in [2.05, 4.69) is 56.6 Å². The molecule has 1 saturated carbocycles. The van der Waals surface area contributed by atoms with Crippen LogP contribution in [0.5, 0.6) is 0 Å². The summed E-state index contributed by atoms with van der Waals surface area (Å²) in [5.74, 6) is 2.21. The van der Waals surface area contributed by atoms with Crippen molar-refractivity contribution in [3.63, 3.8) is 0 Å². The highest BCUT2D eigenvalue weighted by Crippen LogP contribution is 2.50. The molecule has 2 unspecified atom stereocenters. The summed E-state index contributed by atoms with van der Waals surface area (Å²) in [6.45, 7) is 5.30. The Morgan fingerprint density at radius 2 is 1.97 bits per heavy atom. The molecule has 2 atom stereocenters. The number of hydrogen-bond donors (Lipinski definition) is 1. The number of nitrogens with one attached hydrogen (secondary N) is 1. The highest BCUT2D eigenvalue weighted by atomic mass is 35.5. The lowest BCUT2D eigenvalue weighted by atomic mass is 9.90. The Bertz CT molecular complexity index is 944. The largest absolute Gasteiger partial charge is 0.385 e. The molecule has 6 nitrogen and oxygen atoms in total. The molecule has 1 saturated heterocycles. The number of hydrogen-bond acceptors (Lipinski definition) is 5. The van der Waals surface area contributed by atoms with Crippen molar-refractivity contribution in [2.75, 3.05) is 25.0 Å². The molecular formula is C23H31ClN6. The number of aliphatic imine (C=N–C) groups is 2. The first-order chi connectivity index (χ1) is 14.5. The van der Waals surface area contributed by atoms with Gasteiger partial charge in [0, 0.05) is 56.4 Å². The molecule has 160 valence electrons. The molecule has 2 fully saturated rings. The smallest absolute Gasteiger partial charge is 0.203 e. The number of alkyl halides is 1. The summed E-state index contributed by atoms with van der Waals surface area (Å²) in [6.07, 6.45) is 10.9. The second kappa shape index (κ2) is 7.97. The average Bonchev–Trinajstić information content (AvgIpc) is 3.42. The van der Waals surface area contributed by atoms with Crippen LogP contribution in [-0.2, 0) is 7.05 Å². The summed E-state index contributed by atoms with van der Waals surface area (Å²) >= 11 is 6.05. The molecule has 7 heteroatoms. The van der Waals surface area contributed by atoms with Crippen molar-refractivity contribution < 1.29 is 0 Å². The Morgan fingerprint density at radius 1 is 1.20 bits per heavy atom. The monoisotopic (exact) mass is 426 g/mol. The van der Waals surface area contributed by atoms with Crippen LogP contribution in [-0.4, -0.2) is 57.9 Å². The normalized spacial score (nSPS) is 32.0. The minimum absolute atomic E-state index is 0.164. The minimum Gasteiger partial charge on any atom is -0.385 e. The number of benzene rings is 1. The quantitative estimate of drug-likeness (QED) is 0.705. The number of anilines is 1. The van der Waals surface area contributed by atoms with Crippen molar-refractivity contribution in [3.05, 3.63) is 24.4 Å². The molecule has 0 amide bonds. The SMILES string of the molecule is Cn1cc2cc(NCCC3CC3C3CCN(C4(C)N=CC(Cl)C=N4)CC3)ccc2n1. The number of likely N-dealkylation sites (tertiary alicyclic amines) is 1. The van der Waals surface area contributed by atoms with Gasteiger partial charge in [-0.25, -0.2) is 0 Å². The van der Waals surface area contributed by atoms with Crippen molar-refractivity contribution in [1.82, 2.24) is 14.7 Å². The van der Waals surface area contributed by atoms with Gasteiger partial charge in [0.25, 0.3) is 0 Å². The number of aryl methyl sites for hydroxylation is 1. The van der Waals surface area contributed by atoms with E-state index >= 15 is 0 Å². The third kappa shape index (κ3) is 4.12. The van der Waals surface area contributed by atoms with Crippen LogP contribution in [0.25, 0.3) is 10.9 Å². The Labute approximate surface area is 183 Å². The second-order valence-electron chi connectivity index (χ2n) is 9.25. The molecular weight excluding hydrogens is 396 g/mol. The van der Waals surface area contributed by atoms with Crippen LogP contribution < -0.4 is 5.32 Å². The highest BCUT2D eigenvalue weighted by Gasteiger charge is 2.44. The van der Waals surface area contributed by atoms with Crippen molar-refractivity contribution in [2.24, 2.45) is 34.8 Å². The zero-order valence-electron chi connectivity index (χ0n) is 17.8. The van der Waals surface area contributed by atoms with Crippen LogP contribution in [0.15, 0.2) is 34.4 Å². The van der Waals surface area contributed by atoms with Crippen molar-refractivity contribution in [3.8, 4) is 0 Å². The van der Waals surface area contributed by atoms with Crippen LogP contribution >= 0.6 is 11.6 Å². The summed E-state index contributed by atoms with van der Waals surface area (Å²) in [5.41, 5.74) is 2.25. The molecule has 1 N–H and O–H groups in total. The highest BCUT2D eigenvalue weighted by molar-refractivity contribution is 6.36. The van der Waals surface area contributed by atoms with Crippen LogP contribution in [0.2, 0.25) is 0 Å². The molecule has 0 spiro atoms. The van der Waals surface area contributed by atoms with E-state index < -0.39 is 5.79 Å². The molecule has 30 heavy (non-hydrogen) atoms. The van der Waals surface area contributed by atoms with Gasteiger partial charge in [-0.3, -0.25) is 19.6 Å². The van der Waals surface area contributed by atoms with Crippen molar-refractivity contribution >= 4 is 40.6 Å². The van der Waals surface area contributed by atoms with E-state index in [1.165, 1.54) is 36.8 Å². The standard InChI is InChI=1S/C23H31ClN6/c1-23(26-13-19(24)14-27-23)30-9-6-16(7-10-30)21-12-17(21)5-8-25-20-3-4-22-18(11-20)15-29(2)28-22/h3-4,11,13-17,19,21,25H,5-10,12H2,1-2H3. The van der Waals surface area contributed by atoms with Gasteiger partial charge in [-0.2, -0.15) is 5.10 Å². The lowest BCUT2D eigenvalue weighted by Crippen LogP contribution is -2.49. The predicted octanol–water partition coefficient (Wildman–Crippen LogP) is 4.16. The molecule has 2 aliphatic heterocycles. The first kappa shape index (κ1) is 20.0. The van der Waals surface area contributed by atoms with Crippen molar-refractivity contribution in [2.45, 2.75) is 43.8 Å². The van der Waals surface area contributed by atoms with E-state index in [0.717, 1.165) is 42.9 Å². The molecule has 3 heterocycles. The molecule has 2 aromatic rings. The topological polar surface area (TPSA) is 57.8 Å². The summed E-state index contributed by atoms with van der Waals surface area (Å²) in [6, 6.07) is 6.43. The van der Waals surface area contributed by atoms with E-state index in [-0.39, 0.29) is 5.38 Å². The Hall–Kier alpha value is -1.92. The number of nitrogens with zero attached hydrogens (tertiary/aromatic N) is 5. The molecule has 0 bridgehead atoms. The molecule has 1 aliphatic carbocycles. The predicted molar refractivity (Wildman–Crippen MR) is 125 cm³/mol. The maximum atomic E-state index is 6.05. The fourth-order valence-electron chi connectivity index (χ4n) is 5.25. The van der Waals surface area contributed by atoms with Crippen LogP contribution in [0.4, 0.5) is 5.69 Å². The maximum Gasteiger partial charge on any atom is 0.203 e. The van der Waals surface area contributed by atoms with Gasteiger partial charge in [-0.1, -0.05) is 0 Å². The lowest BCUT2D eigenvalue weighted by molar-refractivity contribution is 0.0678. The molecule has 0 radical (unpaired) electrons. The fraction of sp³-hybridized carbons (Fsp3) is 0.609. The number of aromatic nitrogens is 2. The Morgan fingerprint density at radius 3 is 2.73 bits per heavy atom. The molecule has 5 rings (SSSR count). The van der Waals surface area contributed by atoms with Crippen LogP contribution in [0.1, 0.15) is 32.6 Å². The van der Waals surface area contributed by atoms with E-state index in [4.69, 9.17) is 11.6 Å². The number of fused-ring (bicyclic) bond motifs is 1. The Balaban J connectivity index is 1.06. The summed E-state index contributed by atoms with van der Waals surface area (Å²) < 4.78 is 1.87. The zero-order valence-corrected chi connectivity index (χ0v) is 18.6. The van der Waals surface area contributed by atoms with Gasteiger partial charge < -0.3 is 5.32 Å². The summed E-state index contributed by atoms with van der Waals surface area (Å²) in [5, 5.41) is 9.08. The number of halogens is 1. The average molecular weight is 427 g/mol.